The van der Waals surface area contributed by atoms with Crippen LogP contribution in [0.2, 0.25) is 0 Å². The zero-order chi connectivity index (χ0) is 15.5. The van der Waals surface area contributed by atoms with Gasteiger partial charge < -0.3 is 19.5 Å². The van der Waals surface area contributed by atoms with Gasteiger partial charge in [0.2, 0.25) is 5.91 Å². The zero-order valence-corrected chi connectivity index (χ0v) is 12.8. The molecule has 0 aromatic carbocycles. The molecule has 2 fully saturated rings. The lowest BCUT2D eigenvalue weighted by Crippen LogP contribution is -2.40. The maximum atomic E-state index is 12.2. The van der Waals surface area contributed by atoms with Gasteiger partial charge >= 0.3 is 5.97 Å². The number of ether oxygens (including phenoxy) is 2. The van der Waals surface area contributed by atoms with Gasteiger partial charge in [-0.25, -0.2) is 0 Å². The van der Waals surface area contributed by atoms with Crippen molar-refractivity contribution in [3.63, 3.8) is 0 Å². The molecule has 0 aromatic rings. The summed E-state index contributed by atoms with van der Waals surface area (Å²) in [5.74, 6) is -0.856. The van der Waals surface area contributed by atoms with Crippen LogP contribution in [0.15, 0.2) is 0 Å². The monoisotopic (exact) mass is 299 g/mol. The van der Waals surface area contributed by atoms with Crippen LogP contribution in [0.25, 0.3) is 0 Å². The first kappa shape index (κ1) is 16.2. The molecule has 21 heavy (non-hydrogen) atoms. The third-order valence-electron chi connectivity index (χ3n) is 4.58. The van der Waals surface area contributed by atoms with E-state index in [-0.39, 0.29) is 25.2 Å². The Labute approximate surface area is 125 Å². The molecular weight excluding hydrogens is 274 g/mol. The van der Waals surface area contributed by atoms with Gasteiger partial charge in [-0.3, -0.25) is 9.59 Å². The predicted octanol–water partition coefficient (Wildman–Crippen LogP) is 1.28. The number of carbonyl (C=O) groups is 2. The van der Waals surface area contributed by atoms with Crippen LogP contribution in [0.4, 0.5) is 0 Å². The Morgan fingerprint density at radius 1 is 1.43 bits per heavy atom. The van der Waals surface area contributed by atoms with E-state index in [1.54, 1.807) is 4.90 Å². The minimum absolute atomic E-state index is 0.0254. The van der Waals surface area contributed by atoms with Gasteiger partial charge in [0.25, 0.3) is 0 Å². The second-order valence-corrected chi connectivity index (χ2v) is 6.27. The highest BCUT2D eigenvalue weighted by Gasteiger charge is 2.46. The first-order valence-corrected chi connectivity index (χ1v) is 7.62. The number of carboxylic acids is 1. The van der Waals surface area contributed by atoms with E-state index in [1.165, 1.54) is 7.11 Å². The largest absolute Gasteiger partial charge is 0.481 e. The van der Waals surface area contributed by atoms with Crippen LogP contribution in [-0.2, 0) is 19.1 Å². The molecule has 2 heterocycles. The molecular formula is C15H25NO5. The number of hydrogen-bond donors (Lipinski definition) is 1. The summed E-state index contributed by atoms with van der Waals surface area (Å²) in [5, 5.41) is 9.39. The van der Waals surface area contributed by atoms with Crippen molar-refractivity contribution in [2.24, 2.45) is 5.41 Å². The van der Waals surface area contributed by atoms with Crippen molar-refractivity contribution in [1.29, 1.82) is 0 Å². The van der Waals surface area contributed by atoms with E-state index in [0.717, 1.165) is 19.3 Å². The summed E-state index contributed by atoms with van der Waals surface area (Å²) < 4.78 is 10.7. The highest BCUT2D eigenvalue weighted by Crippen LogP contribution is 2.32. The minimum atomic E-state index is -0.942. The molecule has 2 aliphatic heterocycles. The molecule has 2 rings (SSSR count). The Morgan fingerprint density at radius 2 is 2.19 bits per heavy atom. The minimum Gasteiger partial charge on any atom is -0.481 e. The second kappa shape index (κ2) is 6.75. The van der Waals surface area contributed by atoms with Gasteiger partial charge in [-0.2, -0.15) is 0 Å². The standard InChI is InChI=1S/C15H25NO5/c1-11-3-4-12(21-11)5-6-13(17)16-8-7-15(9-16,10-20-2)14(18)19/h11-12H,3-10H2,1-2H3,(H,18,19)/t11-,12-,15+/m1/s1. The fourth-order valence-electron chi connectivity index (χ4n) is 3.26. The van der Waals surface area contributed by atoms with Gasteiger partial charge in [-0.1, -0.05) is 0 Å². The van der Waals surface area contributed by atoms with Crippen molar-refractivity contribution >= 4 is 11.9 Å². The first-order chi connectivity index (χ1) is 9.97. The van der Waals surface area contributed by atoms with Crippen LogP contribution < -0.4 is 0 Å². The van der Waals surface area contributed by atoms with E-state index in [4.69, 9.17) is 9.47 Å². The molecule has 0 aromatic heterocycles. The Bertz CT molecular complexity index is 400. The highest BCUT2D eigenvalue weighted by atomic mass is 16.5. The van der Waals surface area contributed by atoms with E-state index in [0.29, 0.717) is 25.5 Å². The third kappa shape index (κ3) is 3.74. The summed E-state index contributed by atoms with van der Waals surface area (Å²) in [6.07, 6.45) is 4.15. The van der Waals surface area contributed by atoms with Crippen LogP contribution in [0.1, 0.15) is 39.0 Å². The van der Waals surface area contributed by atoms with Crippen molar-refractivity contribution in [3.05, 3.63) is 0 Å². The molecule has 0 spiro atoms. The number of nitrogens with zero attached hydrogens (tertiary/aromatic N) is 1. The Morgan fingerprint density at radius 3 is 2.76 bits per heavy atom. The summed E-state index contributed by atoms with van der Waals surface area (Å²) in [5.41, 5.74) is -0.942. The molecule has 0 radical (unpaired) electrons. The number of hydrogen-bond acceptors (Lipinski definition) is 4. The van der Waals surface area contributed by atoms with Gasteiger partial charge in [-0.05, 0) is 32.6 Å². The van der Waals surface area contributed by atoms with E-state index in [9.17, 15) is 14.7 Å². The lowest BCUT2D eigenvalue weighted by molar-refractivity contribution is -0.151. The maximum absolute atomic E-state index is 12.2. The molecule has 1 N–H and O–H groups in total. The molecule has 2 saturated heterocycles. The SMILES string of the molecule is COC[C@]1(C(=O)O)CCN(C(=O)CC[C@H]2CC[C@@H](C)O2)C1. The molecule has 6 heteroatoms. The maximum Gasteiger partial charge on any atom is 0.313 e. The summed E-state index contributed by atoms with van der Waals surface area (Å²) in [6.45, 7) is 2.94. The summed E-state index contributed by atoms with van der Waals surface area (Å²) >= 11 is 0. The smallest absolute Gasteiger partial charge is 0.313 e. The van der Waals surface area contributed by atoms with Crippen LogP contribution in [-0.4, -0.2) is 60.9 Å². The van der Waals surface area contributed by atoms with Crippen LogP contribution >= 0.6 is 0 Å². The molecule has 0 bridgehead atoms. The number of rotatable bonds is 6. The highest BCUT2D eigenvalue weighted by molar-refractivity contribution is 5.80. The Kier molecular flexibility index (Phi) is 5.22. The molecule has 120 valence electrons. The molecule has 2 aliphatic rings. The third-order valence-corrected chi connectivity index (χ3v) is 4.58. The summed E-state index contributed by atoms with van der Waals surface area (Å²) in [6, 6.07) is 0. The predicted molar refractivity (Wildman–Crippen MR) is 75.9 cm³/mol. The zero-order valence-electron chi connectivity index (χ0n) is 12.8. The molecule has 0 aliphatic carbocycles. The van der Waals surface area contributed by atoms with Gasteiger partial charge in [-0.15, -0.1) is 0 Å². The first-order valence-electron chi connectivity index (χ1n) is 7.62. The number of aliphatic carboxylic acids is 1. The fourth-order valence-corrected chi connectivity index (χ4v) is 3.26. The van der Waals surface area contributed by atoms with Gasteiger partial charge in [0.05, 0.1) is 18.8 Å². The topological polar surface area (TPSA) is 76.1 Å². The molecule has 6 nitrogen and oxygen atoms in total. The van der Waals surface area contributed by atoms with Gasteiger partial charge in [0.15, 0.2) is 0 Å². The number of amides is 1. The average Bonchev–Trinajstić information content (AvgIpc) is 3.04. The Hall–Kier alpha value is -1.14. The number of likely N-dealkylation sites (tertiary alicyclic amines) is 1. The van der Waals surface area contributed by atoms with Gasteiger partial charge in [0, 0.05) is 26.6 Å². The van der Waals surface area contributed by atoms with E-state index in [2.05, 4.69) is 0 Å². The lowest BCUT2D eigenvalue weighted by Gasteiger charge is -2.24. The Balaban J connectivity index is 1.82. The molecule has 0 saturated carbocycles. The van der Waals surface area contributed by atoms with E-state index >= 15 is 0 Å². The van der Waals surface area contributed by atoms with E-state index < -0.39 is 11.4 Å². The second-order valence-electron chi connectivity index (χ2n) is 6.27. The van der Waals surface area contributed by atoms with Crippen molar-refractivity contribution in [2.45, 2.75) is 51.2 Å². The van der Waals surface area contributed by atoms with Crippen LogP contribution in [0.3, 0.4) is 0 Å². The molecule has 0 unspecified atom stereocenters. The number of methoxy groups -OCH3 is 1. The quantitative estimate of drug-likeness (QED) is 0.799. The van der Waals surface area contributed by atoms with Crippen LogP contribution in [0.5, 0.6) is 0 Å². The van der Waals surface area contributed by atoms with Crippen molar-refractivity contribution < 1.29 is 24.2 Å². The van der Waals surface area contributed by atoms with Crippen molar-refractivity contribution in [2.75, 3.05) is 26.8 Å². The molecule has 1 amide bonds. The average molecular weight is 299 g/mol. The fraction of sp³-hybridized carbons (Fsp3) is 0.867. The molecule has 3 atom stereocenters. The van der Waals surface area contributed by atoms with Crippen molar-refractivity contribution in [3.8, 4) is 0 Å². The van der Waals surface area contributed by atoms with E-state index in [1.807, 2.05) is 6.92 Å². The normalized spacial score (nSPS) is 32.6. The number of carbonyl (C=O) groups excluding carboxylic acids is 1. The van der Waals surface area contributed by atoms with Gasteiger partial charge in [0.1, 0.15) is 5.41 Å². The summed E-state index contributed by atoms with van der Waals surface area (Å²) in [4.78, 5) is 25.3. The van der Waals surface area contributed by atoms with Crippen LogP contribution in [0, 0.1) is 5.41 Å². The van der Waals surface area contributed by atoms with Crippen molar-refractivity contribution in [1.82, 2.24) is 4.90 Å². The number of carboxylic acid groups (broad SMARTS) is 1. The summed E-state index contributed by atoms with van der Waals surface area (Å²) in [7, 11) is 1.49. The lowest BCUT2D eigenvalue weighted by atomic mass is 9.88.